The molecule has 0 aliphatic rings. The highest BCUT2D eigenvalue weighted by atomic mass is 19.1. The summed E-state index contributed by atoms with van der Waals surface area (Å²) in [6.07, 6.45) is 2.86. The Hall–Kier alpha value is -2.33. The van der Waals surface area contributed by atoms with Gasteiger partial charge in [0, 0.05) is 41.9 Å². The van der Waals surface area contributed by atoms with E-state index in [9.17, 15) is 4.39 Å². The molecule has 3 N–H and O–H groups in total. The van der Waals surface area contributed by atoms with Gasteiger partial charge in [0.25, 0.3) is 0 Å². The molecule has 0 bridgehead atoms. The van der Waals surface area contributed by atoms with Gasteiger partial charge in [0.1, 0.15) is 5.82 Å². The fraction of sp³-hybridized carbons (Fsp3) is 0.300. The second kappa shape index (κ2) is 7.05. The number of H-pyrrole nitrogens is 1. The van der Waals surface area contributed by atoms with Crippen molar-refractivity contribution in [3.05, 3.63) is 53.8 Å². The zero-order valence-corrected chi connectivity index (χ0v) is 14.3. The number of aromatic amines is 1. The number of hydrogen-bond donors (Lipinski definition) is 2. The second-order valence-electron chi connectivity index (χ2n) is 6.36. The molecule has 0 saturated carbocycles. The Morgan fingerprint density at radius 3 is 2.67 bits per heavy atom. The van der Waals surface area contributed by atoms with Crippen molar-refractivity contribution in [2.45, 2.75) is 19.3 Å². The van der Waals surface area contributed by atoms with Crippen LogP contribution in [0.1, 0.15) is 18.4 Å². The highest BCUT2D eigenvalue weighted by molar-refractivity contribution is 5.91. The molecule has 1 heterocycles. The number of nitrogens with zero attached hydrogens (tertiary/aromatic N) is 1. The van der Waals surface area contributed by atoms with E-state index in [0.29, 0.717) is 6.54 Å². The van der Waals surface area contributed by atoms with Crippen LogP contribution in [0.15, 0.2) is 42.5 Å². The van der Waals surface area contributed by atoms with E-state index < -0.39 is 0 Å². The van der Waals surface area contributed by atoms with Gasteiger partial charge in [-0.1, -0.05) is 12.1 Å². The van der Waals surface area contributed by atoms with Crippen molar-refractivity contribution in [1.29, 1.82) is 0 Å². The van der Waals surface area contributed by atoms with Crippen LogP contribution in [0.5, 0.6) is 0 Å². The molecule has 3 aromatic rings. The summed E-state index contributed by atoms with van der Waals surface area (Å²) in [5, 5.41) is 0.970. The third kappa shape index (κ3) is 3.29. The molecule has 0 spiro atoms. The summed E-state index contributed by atoms with van der Waals surface area (Å²) >= 11 is 0. The van der Waals surface area contributed by atoms with Gasteiger partial charge in [0.2, 0.25) is 0 Å². The minimum Gasteiger partial charge on any atom is -0.378 e. The summed E-state index contributed by atoms with van der Waals surface area (Å²) in [5.41, 5.74) is 11.1. The smallest absolute Gasteiger partial charge is 0.123 e. The molecule has 1 aromatic heterocycles. The van der Waals surface area contributed by atoms with Gasteiger partial charge in [-0.25, -0.2) is 4.39 Å². The van der Waals surface area contributed by atoms with Crippen molar-refractivity contribution in [2.75, 3.05) is 25.5 Å². The zero-order valence-electron chi connectivity index (χ0n) is 14.3. The van der Waals surface area contributed by atoms with Gasteiger partial charge < -0.3 is 15.6 Å². The Morgan fingerprint density at radius 2 is 1.92 bits per heavy atom. The fourth-order valence-corrected chi connectivity index (χ4v) is 3.11. The van der Waals surface area contributed by atoms with E-state index in [1.165, 1.54) is 11.6 Å². The maximum absolute atomic E-state index is 13.7. The van der Waals surface area contributed by atoms with Gasteiger partial charge in [0.05, 0.1) is 0 Å². The van der Waals surface area contributed by atoms with Gasteiger partial charge in [-0.2, -0.15) is 0 Å². The van der Waals surface area contributed by atoms with E-state index >= 15 is 0 Å². The molecule has 0 amide bonds. The highest BCUT2D eigenvalue weighted by Gasteiger charge is 2.14. The summed E-state index contributed by atoms with van der Waals surface area (Å²) in [5.74, 6) is -0.199. The Morgan fingerprint density at radius 1 is 1.08 bits per heavy atom. The molecule has 24 heavy (non-hydrogen) atoms. The fourth-order valence-electron chi connectivity index (χ4n) is 3.11. The van der Waals surface area contributed by atoms with Crippen molar-refractivity contribution in [3.63, 3.8) is 0 Å². The van der Waals surface area contributed by atoms with Gasteiger partial charge in [-0.05, 0) is 61.7 Å². The van der Waals surface area contributed by atoms with Crippen molar-refractivity contribution >= 4 is 16.6 Å². The topological polar surface area (TPSA) is 45.0 Å². The summed E-state index contributed by atoms with van der Waals surface area (Å²) in [7, 11) is 4.06. The number of fused-ring (bicyclic) bond motifs is 1. The van der Waals surface area contributed by atoms with Crippen LogP contribution >= 0.6 is 0 Å². The first-order valence-electron chi connectivity index (χ1n) is 8.38. The molecule has 4 heteroatoms. The molecule has 0 aliphatic carbocycles. The third-order valence-electron chi connectivity index (χ3n) is 4.40. The van der Waals surface area contributed by atoms with E-state index in [2.05, 4.69) is 34.1 Å². The monoisotopic (exact) mass is 325 g/mol. The molecule has 3 nitrogen and oxygen atoms in total. The molecule has 0 aliphatic heterocycles. The molecule has 0 atom stereocenters. The SMILES string of the molecule is CN(C)c1cccc(-c2[nH]c3ccc(F)cc3c2CCCCN)c1. The van der Waals surface area contributed by atoms with Crippen molar-refractivity contribution in [2.24, 2.45) is 5.73 Å². The van der Waals surface area contributed by atoms with Gasteiger partial charge in [-0.15, -0.1) is 0 Å². The molecule has 0 unspecified atom stereocenters. The van der Waals surface area contributed by atoms with Gasteiger partial charge >= 0.3 is 0 Å². The number of nitrogens with two attached hydrogens (primary N) is 1. The average Bonchev–Trinajstić information content (AvgIpc) is 2.93. The number of benzene rings is 2. The van der Waals surface area contributed by atoms with Crippen LogP contribution in [0, 0.1) is 5.82 Å². The number of aryl methyl sites for hydroxylation is 1. The van der Waals surface area contributed by atoms with Crippen molar-refractivity contribution in [1.82, 2.24) is 4.98 Å². The maximum atomic E-state index is 13.7. The predicted octanol–water partition coefficient (Wildman–Crippen LogP) is 4.32. The lowest BCUT2D eigenvalue weighted by atomic mass is 10.00. The van der Waals surface area contributed by atoms with E-state index in [-0.39, 0.29) is 5.82 Å². The van der Waals surface area contributed by atoms with E-state index in [1.807, 2.05) is 20.2 Å². The van der Waals surface area contributed by atoms with E-state index in [1.54, 1.807) is 6.07 Å². The summed E-state index contributed by atoms with van der Waals surface area (Å²) in [6.45, 7) is 0.683. The number of hydrogen-bond acceptors (Lipinski definition) is 2. The van der Waals surface area contributed by atoms with Gasteiger partial charge in [-0.3, -0.25) is 0 Å². The zero-order chi connectivity index (χ0) is 17.1. The second-order valence-corrected chi connectivity index (χ2v) is 6.36. The summed E-state index contributed by atoms with van der Waals surface area (Å²) in [6, 6.07) is 13.3. The lowest BCUT2D eigenvalue weighted by molar-refractivity contribution is 0.629. The van der Waals surface area contributed by atoms with E-state index in [0.717, 1.165) is 47.1 Å². The van der Waals surface area contributed by atoms with Crippen LogP contribution in [0.2, 0.25) is 0 Å². The molecule has 2 aromatic carbocycles. The first-order chi connectivity index (χ1) is 11.6. The largest absolute Gasteiger partial charge is 0.378 e. The summed E-state index contributed by atoms with van der Waals surface area (Å²) in [4.78, 5) is 5.57. The van der Waals surface area contributed by atoms with Crippen LogP contribution in [-0.2, 0) is 6.42 Å². The predicted molar refractivity (Wildman–Crippen MR) is 100 cm³/mol. The first kappa shape index (κ1) is 16.5. The standard InChI is InChI=1S/C20H24FN3/c1-24(2)16-7-5-6-14(12-16)20-17(8-3-4-11-22)18-13-15(21)9-10-19(18)23-20/h5-7,9-10,12-13,23H,3-4,8,11,22H2,1-2H3. The Kier molecular flexibility index (Phi) is 4.86. The van der Waals surface area contributed by atoms with Crippen molar-refractivity contribution in [3.8, 4) is 11.3 Å². The van der Waals surface area contributed by atoms with Crippen LogP contribution < -0.4 is 10.6 Å². The molecule has 126 valence electrons. The number of halogens is 1. The van der Waals surface area contributed by atoms with Crippen LogP contribution in [0.25, 0.3) is 22.2 Å². The maximum Gasteiger partial charge on any atom is 0.123 e. The molecule has 0 radical (unpaired) electrons. The average molecular weight is 325 g/mol. The van der Waals surface area contributed by atoms with Crippen LogP contribution in [0.4, 0.5) is 10.1 Å². The Labute approximate surface area is 142 Å². The molecule has 0 saturated heterocycles. The normalized spacial score (nSPS) is 11.2. The Bertz CT molecular complexity index is 836. The first-order valence-corrected chi connectivity index (χ1v) is 8.38. The minimum atomic E-state index is -0.199. The highest BCUT2D eigenvalue weighted by Crippen LogP contribution is 2.33. The van der Waals surface area contributed by atoms with E-state index in [4.69, 9.17) is 5.73 Å². The van der Waals surface area contributed by atoms with Crippen LogP contribution in [-0.4, -0.2) is 25.6 Å². The third-order valence-corrected chi connectivity index (χ3v) is 4.40. The Balaban J connectivity index is 2.12. The van der Waals surface area contributed by atoms with Crippen LogP contribution in [0.3, 0.4) is 0 Å². The van der Waals surface area contributed by atoms with Gasteiger partial charge in [0.15, 0.2) is 0 Å². The quantitative estimate of drug-likeness (QED) is 0.663. The molecular formula is C20H24FN3. The van der Waals surface area contributed by atoms with Crippen molar-refractivity contribution < 1.29 is 4.39 Å². The molecular weight excluding hydrogens is 301 g/mol. The molecule has 0 fully saturated rings. The lowest BCUT2D eigenvalue weighted by Crippen LogP contribution is -2.08. The number of anilines is 1. The lowest BCUT2D eigenvalue weighted by Gasteiger charge is -2.14. The molecule has 3 rings (SSSR count). The number of unbranched alkanes of at least 4 members (excludes halogenated alkanes) is 1. The number of nitrogens with one attached hydrogen (secondary N) is 1. The minimum absolute atomic E-state index is 0.199. The number of aromatic nitrogens is 1. The summed E-state index contributed by atoms with van der Waals surface area (Å²) < 4.78 is 13.7. The number of rotatable bonds is 6.